The minimum Gasteiger partial charge on any atom is -0.360 e. The number of benzene rings is 1. The van der Waals surface area contributed by atoms with Gasteiger partial charge in [-0.3, -0.25) is 4.79 Å². The van der Waals surface area contributed by atoms with E-state index < -0.39 is 0 Å². The van der Waals surface area contributed by atoms with Gasteiger partial charge in [0.05, 0.1) is 6.54 Å². The van der Waals surface area contributed by atoms with Crippen LogP contribution in [0.5, 0.6) is 0 Å². The van der Waals surface area contributed by atoms with Gasteiger partial charge in [0.1, 0.15) is 0 Å². The summed E-state index contributed by atoms with van der Waals surface area (Å²) < 4.78 is 0. The lowest BCUT2D eigenvalue weighted by Gasteiger charge is -2.33. The second-order valence-electron chi connectivity index (χ2n) is 4.43. The van der Waals surface area contributed by atoms with Gasteiger partial charge in [-0.1, -0.05) is 12.1 Å². The predicted molar refractivity (Wildman–Crippen MR) is 69.1 cm³/mol. The van der Waals surface area contributed by atoms with Crippen LogP contribution in [-0.2, 0) is 11.3 Å². The second kappa shape index (κ2) is 5.19. The first-order chi connectivity index (χ1) is 8.20. The van der Waals surface area contributed by atoms with Crippen LogP contribution in [0.2, 0.25) is 0 Å². The Balaban J connectivity index is 2.05. The van der Waals surface area contributed by atoms with Gasteiger partial charge < -0.3 is 15.1 Å². The minimum absolute atomic E-state index is 0.190. The fourth-order valence-corrected chi connectivity index (χ4v) is 2.01. The zero-order chi connectivity index (χ0) is 12.3. The molecule has 1 aliphatic heterocycles. The Labute approximate surface area is 102 Å². The summed E-state index contributed by atoms with van der Waals surface area (Å²) in [5, 5.41) is 3.12. The van der Waals surface area contributed by atoms with Crippen molar-refractivity contribution in [3.8, 4) is 0 Å². The van der Waals surface area contributed by atoms with E-state index in [0.29, 0.717) is 6.54 Å². The molecule has 0 bridgehead atoms. The van der Waals surface area contributed by atoms with Crippen LogP contribution in [-0.4, -0.2) is 44.5 Å². The highest BCUT2D eigenvalue weighted by atomic mass is 16.2. The van der Waals surface area contributed by atoms with Crippen molar-refractivity contribution in [3.63, 3.8) is 0 Å². The lowest BCUT2D eigenvalue weighted by atomic mass is 10.2. The van der Waals surface area contributed by atoms with E-state index in [-0.39, 0.29) is 5.91 Å². The quantitative estimate of drug-likeness (QED) is 0.834. The van der Waals surface area contributed by atoms with Crippen molar-refractivity contribution in [2.45, 2.75) is 6.54 Å². The van der Waals surface area contributed by atoms with Crippen LogP contribution in [0.4, 0.5) is 5.69 Å². The van der Waals surface area contributed by atoms with E-state index in [0.717, 1.165) is 25.3 Å². The van der Waals surface area contributed by atoms with Crippen LogP contribution in [0.15, 0.2) is 24.3 Å². The molecule has 1 fully saturated rings. The van der Waals surface area contributed by atoms with Crippen molar-refractivity contribution < 1.29 is 4.79 Å². The van der Waals surface area contributed by atoms with Gasteiger partial charge in [-0.25, -0.2) is 0 Å². The summed E-state index contributed by atoms with van der Waals surface area (Å²) in [6.45, 7) is 3.08. The molecular formula is C13H19N3O. The van der Waals surface area contributed by atoms with Crippen molar-refractivity contribution in [3.05, 3.63) is 29.8 Å². The number of rotatable bonds is 3. The summed E-state index contributed by atoms with van der Waals surface area (Å²) in [7, 11) is 3.79. The second-order valence-corrected chi connectivity index (χ2v) is 4.43. The van der Waals surface area contributed by atoms with Crippen molar-refractivity contribution >= 4 is 11.6 Å². The zero-order valence-corrected chi connectivity index (χ0v) is 10.4. The van der Waals surface area contributed by atoms with Gasteiger partial charge in [-0.15, -0.1) is 0 Å². The third-order valence-electron chi connectivity index (χ3n) is 3.14. The maximum Gasteiger partial charge on any atom is 0.241 e. The smallest absolute Gasteiger partial charge is 0.241 e. The Morgan fingerprint density at radius 3 is 2.53 bits per heavy atom. The number of carbonyl (C=O) groups is 1. The monoisotopic (exact) mass is 233 g/mol. The highest BCUT2D eigenvalue weighted by Crippen LogP contribution is 2.17. The lowest BCUT2D eigenvalue weighted by molar-refractivity contribution is -0.129. The maximum atomic E-state index is 11.6. The molecule has 1 amide bonds. The number of anilines is 1. The Hall–Kier alpha value is -1.55. The number of likely N-dealkylation sites (N-methyl/N-ethyl adjacent to an activating group) is 1. The molecule has 1 heterocycles. The molecule has 0 radical (unpaired) electrons. The molecule has 0 atom stereocenters. The van der Waals surface area contributed by atoms with E-state index >= 15 is 0 Å². The van der Waals surface area contributed by atoms with Crippen molar-refractivity contribution in [1.82, 2.24) is 10.2 Å². The van der Waals surface area contributed by atoms with E-state index in [1.807, 2.05) is 14.1 Å². The Bertz CT molecular complexity index is 388. The van der Waals surface area contributed by atoms with E-state index in [4.69, 9.17) is 0 Å². The SMILES string of the molecule is CNCc1ccc(N2CCN(C)C(=O)C2)cc1. The van der Waals surface area contributed by atoms with Crippen LogP contribution >= 0.6 is 0 Å². The average Bonchev–Trinajstić information content (AvgIpc) is 2.34. The molecule has 17 heavy (non-hydrogen) atoms. The van der Waals surface area contributed by atoms with Crippen molar-refractivity contribution in [2.75, 3.05) is 38.6 Å². The first-order valence-electron chi connectivity index (χ1n) is 5.93. The summed E-state index contributed by atoms with van der Waals surface area (Å²) >= 11 is 0. The Morgan fingerprint density at radius 2 is 1.94 bits per heavy atom. The zero-order valence-electron chi connectivity index (χ0n) is 10.4. The number of hydrogen-bond donors (Lipinski definition) is 1. The molecule has 0 aliphatic carbocycles. The van der Waals surface area contributed by atoms with Gasteiger partial charge in [-0.2, -0.15) is 0 Å². The first-order valence-corrected chi connectivity index (χ1v) is 5.93. The molecule has 1 aromatic carbocycles. The van der Waals surface area contributed by atoms with E-state index in [9.17, 15) is 4.79 Å². The van der Waals surface area contributed by atoms with Gasteiger partial charge in [0.15, 0.2) is 0 Å². The number of hydrogen-bond acceptors (Lipinski definition) is 3. The first kappa shape index (κ1) is 11.9. The van der Waals surface area contributed by atoms with E-state index in [1.54, 1.807) is 4.90 Å². The van der Waals surface area contributed by atoms with Gasteiger partial charge >= 0.3 is 0 Å². The normalized spacial score (nSPS) is 16.5. The van der Waals surface area contributed by atoms with E-state index in [1.165, 1.54) is 5.56 Å². The molecule has 0 spiro atoms. The molecule has 4 nitrogen and oxygen atoms in total. The fourth-order valence-electron chi connectivity index (χ4n) is 2.01. The molecule has 0 unspecified atom stereocenters. The third-order valence-corrected chi connectivity index (χ3v) is 3.14. The standard InChI is InChI=1S/C13H19N3O/c1-14-9-11-3-5-12(6-4-11)16-8-7-15(2)13(17)10-16/h3-6,14H,7-10H2,1-2H3. The summed E-state index contributed by atoms with van der Waals surface area (Å²) in [4.78, 5) is 15.5. The molecule has 1 N–H and O–H groups in total. The molecule has 1 aromatic rings. The summed E-state index contributed by atoms with van der Waals surface area (Å²) in [6, 6.07) is 8.39. The Kier molecular flexibility index (Phi) is 3.64. The summed E-state index contributed by atoms with van der Waals surface area (Å²) in [6.07, 6.45) is 0. The third kappa shape index (κ3) is 2.77. The lowest BCUT2D eigenvalue weighted by Crippen LogP contribution is -2.48. The number of nitrogens with zero attached hydrogens (tertiary/aromatic N) is 2. The van der Waals surface area contributed by atoms with Crippen LogP contribution in [0.25, 0.3) is 0 Å². The van der Waals surface area contributed by atoms with Gasteiger partial charge in [0.25, 0.3) is 0 Å². The van der Waals surface area contributed by atoms with Crippen LogP contribution in [0.1, 0.15) is 5.56 Å². The molecule has 1 saturated heterocycles. The number of nitrogens with one attached hydrogen (secondary N) is 1. The topological polar surface area (TPSA) is 35.6 Å². The Morgan fingerprint density at radius 1 is 1.24 bits per heavy atom. The average molecular weight is 233 g/mol. The highest BCUT2D eigenvalue weighted by Gasteiger charge is 2.20. The largest absolute Gasteiger partial charge is 0.360 e. The van der Waals surface area contributed by atoms with Crippen LogP contribution < -0.4 is 10.2 Å². The van der Waals surface area contributed by atoms with Crippen molar-refractivity contribution in [1.29, 1.82) is 0 Å². The van der Waals surface area contributed by atoms with Gasteiger partial charge in [0, 0.05) is 32.4 Å². The molecule has 0 saturated carbocycles. The summed E-state index contributed by atoms with van der Waals surface area (Å²) in [5.41, 5.74) is 2.39. The number of piperazine rings is 1. The van der Waals surface area contributed by atoms with Crippen LogP contribution in [0.3, 0.4) is 0 Å². The molecule has 2 rings (SSSR count). The molecule has 1 aliphatic rings. The molecule has 4 heteroatoms. The minimum atomic E-state index is 0.190. The number of amides is 1. The van der Waals surface area contributed by atoms with Gasteiger partial charge in [0.2, 0.25) is 5.91 Å². The van der Waals surface area contributed by atoms with E-state index in [2.05, 4.69) is 34.5 Å². The molecule has 0 aromatic heterocycles. The fraction of sp³-hybridized carbons (Fsp3) is 0.462. The van der Waals surface area contributed by atoms with Crippen LogP contribution in [0, 0.1) is 0 Å². The highest BCUT2D eigenvalue weighted by molar-refractivity contribution is 5.82. The number of carbonyl (C=O) groups excluding carboxylic acids is 1. The molecule has 92 valence electrons. The molecular weight excluding hydrogens is 214 g/mol. The predicted octanol–water partition coefficient (Wildman–Crippen LogP) is 0.684. The maximum absolute atomic E-state index is 11.6. The van der Waals surface area contributed by atoms with Gasteiger partial charge in [-0.05, 0) is 24.7 Å². The van der Waals surface area contributed by atoms with Crippen molar-refractivity contribution in [2.24, 2.45) is 0 Å². The summed E-state index contributed by atoms with van der Waals surface area (Å²) in [5.74, 6) is 0.190.